The zero-order chi connectivity index (χ0) is 16.0. The van der Waals surface area contributed by atoms with Crippen LogP contribution in [0, 0.1) is 0 Å². The number of hydrogen-bond acceptors (Lipinski definition) is 3. The van der Waals surface area contributed by atoms with Crippen LogP contribution in [0.5, 0.6) is 0 Å². The third kappa shape index (κ3) is 2.51. The molecule has 2 heterocycles. The first-order chi connectivity index (χ1) is 11.1. The van der Waals surface area contributed by atoms with E-state index in [1.165, 1.54) is 33.4 Å². The van der Waals surface area contributed by atoms with Crippen LogP contribution < -0.4 is 4.80 Å². The van der Waals surface area contributed by atoms with E-state index in [2.05, 4.69) is 29.3 Å². The predicted octanol–water partition coefficient (Wildman–Crippen LogP) is 4.85. The maximum Gasteiger partial charge on any atom is 0.289 e. The van der Waals surface area contributed by atoms with Gasteiger partial charge in [-0.15, -0.1) is 11.3 Å². The molecule has 3 nitrogen and oxygen atoms in total. The normalized spacial score (nSPS) is 12.3. The SMILES string of the molecule is Cn1c(=NC(=O)c2ccc(Cl)s2)sc2c3ccccc3ccc21. The number of hydrogen-bond donors (Lipinski definition) is 0. The van der Waals surface area contributed by atoms with Crippen molar-refractivity contribution in [2.75, 3.05) is 0 Å². The first-order valence-electron chi connectivity index (χ1n) is 6.95. The summed E-state index contributed by atoms with van der Waals surface area (Å²) in [6, 6.07) is 15.8. The van der Waals surface area contributed by atoms with Crippen molar-refractivity contribution in [1.82, 2.24) is 4.57 Å². The summed E-state index contributed by atoms with van der Waals surface area (Å²) in [5.74, 6) is -0.256. The van der Waals surface area contributed by atoms with E-state index < -0.39 is 0 Å². The zero-order valence-corrected chi connectivity index (χ0v) is 14.5. The predicted molar refractivity (Wildman–Crippen MR) is 97.5 cm³/mol. The zero-order valence-electron chi connectivity index (χ0n) is 12.1. The Bertz CT molecular complexity index is 1120. The minimum atomic E-state index is -0.256. The van der Waals surface area contributed by atoms with Gasteiger partial charge in [-0.2, -0.15) is 4.99 Å². The lowest BCUT2D eigenvalue weighted by atomic mass is 10.1. The van der Waals surface area contributed by atoms with Crippen LogP contribution in [0.2, 0.25) is 4.34 Å². The van der Waals surface area contributed by atoms with Crippen molar-refractivity contribution in [3.05, 3.63) is 62.5 Å². The highest BCUT2D eigenvalue weighted by Gasteiger charge is 2.10. The molecule has 0 aliphatic rings. The lowest BCUT2D eigenvalue weighted by Gasteiger charge is -1.99. The summed E-state index contributed by atoms with van der Waals surface area (Å²) in [7, 11) is 1.93. The fourth-order valence-corrected chi connectivity index (χ4v) is 4.61. The van der Waals surface area contributed by atoms with Gasteiger partial charge in [-0.1, -0.05) is 53.3 Å². The lowest BCUT2D eigenvalue weighted by molar-refractivity contribution is 0.100. The molecule has 0 radical (unpaired) electrons. The summed E-state index contributed by atoms with van der Waals surface area (Å²) >= 11 is 8.67. The van der Waals surface area contributed by atoms with Gasteiger partial charge in [0.15, 0.2) is 4.80 Å². The van der Waals surface area contributed by atoms with E-state index in [4.69, 9.17) is 11.6 Å². The number of thiazole rings is 1. The maximum atomic E-state index is 12.3. The van der Waals surface area contributed by atoms with Gasteiger partial charge in [0.05, 0.1) is 19.4 Å². The second kappa shape index (κ2) is 5.60. The van der Waals surface area contributed by atoms with Gasteiger partial charge in [-0.25, -0.2) is 0 Å². The van der Waals surface area contributed by atoms with E-state index in [0.717, 1.165) is 10.2 Å². The number of amides is 1. The largest absolute Gasteiger partial charge is 0.319 e. The Balaban J connectivity index is 1.94. The van der Waals surface area contributed by atoms with Crippen LogP contribution in [-0.4, -0.2) is 10.5 Å². The number of nitrogens with zero attached hydrogens (tertiary/aromatic N) is 2. The fraction of sp³-hybridized carbons (Fsp3) is 0.0588. The van der Waals surface area contributed by atoms with Crippen molar-refractivity contribution >= 4 is 61.2 Å². The molecule has 1 amide bonds. The molecule has 2 aromatic heterocycles. The molecule has 23 heavy (non-hydrogen) atoms. The van der Waals surface area contributed by atoms with Crippen molar-refractivity contribution in [3.63, 3.8) is 0 Å². The van der Waals surface area contributed by atoms with E-state index in [0.29, 0.717) is 14.0 Å². The molecule has 2 aromatic carbocycles. The Morgan fingerprint density at radius 3 is 2.70 bits per heavy atom. The molecule has 0 unspecified atom stereocenters. The molecule has 0 spiro atoms. The highest BCUT2D eigenvalue weighted by Crippen LogP contribution is 2.27. The van der Waals surface area contributed by atoms with Crippen molar-refractivity contribution in [2.24, 2.45) is 12.0 Å². The average Bonchev–Trinajstić information content (AvgIpc) is 3.12. The van der Waals surface area contributed by atoms with Gasteiger partial charge in [0.2, 0.25) is 0 Å². The summed E-state index contributed by atoms with van der Waals surface area (Å²) in [5, 5.41) is 2.36. The molecule has 0 bridgehead atoms. The molecule has 0 saturated carbocycles. The van der Waals surface area contributed by atoms with Crippen molar-refractivity contribution < 1.29 is 4.79 Å². The molecule has 0 atom stereocenters. The number of thiophene rings is 1. The van der Waals surface area contributed by atoms with Gasteiger partial charge in [-0.05, 0) is 23.6 Å². The Labute approximate surface area is 145 Å². The van der Waals surface area contributed by atoms with Crippen LogP contribution in [0.1, 0.15) is 9.67 Å². The molecule has 0 aliphatic carbocycles. The van der Waals surface area contributed by atoms with Crippen LogP contribution >= 0.6 is 34.3 Å². The highest BCUT2D eigenvalue weighted by molar-refractivity contribution is 7.18. The van der Waals surface area contributed by atoms with E-state index >= 15 is 0 Å². The average molecular weight is 359 g/mol. The Kier molecular flexibility index (Phi) is 3.56. The number of aryl methyl sites for hydroxylation is 1. The van der Waals surface area contributed by atoms with Crippen LogP contribution in [0.4, 0.5) is 0 Å². The molecule has 0 saturated heterocycles. The first kappa shape index (κ1) is 14.6. The Morgan fingerprint density at radius 1 is 1.09 bits per heavy atom. The van der Waals surface area contributed by atoms with E-state index in [1.807, 2.05) is 23.7 Å². The van der Waals surface area contributed by atoms with Gasteiger partial charge in [0.25, 0.3) is 5.91 Å². The van der Waals surface area contributed by atoms with Crippen molar-refractivity contribution in [2.45, 2.75) is 0 Å². The van der Waals surface area contributed by atoms with E-state index in [9.17, 15) is 4.79 Å². The smallest absolute Gasteiger partial charge is 0.289 e. The number of carbonyl (C=O) groups is 1. The van der Waals surface area contributed by atoms with Gasteiger partial charge < -0.3 is 4.57 Å². The van der Waals surface area contributed by atoms with Crippen LogP contribution in [0.3, 0.4) is 0 Å². The molecular formula is C17H11ClN2OS2. The highest BCUT2D eigenvalue weighted by atomic mass is 35.5. The molecule has 0 fully saturated rings. The Hall–Kier alpha value is -1.95. The van der Waals surface area contributed by atoms with Gasteiger partial charge in [0, 0.05) is 12.4 Å². The second-order valence-electron chi connectivity index (χ2n) is 5.10. The third-order valence-corrected chi connectivity index (χ3v) is 6.08. The third-order valence-electron chi connectivity index (χ3n) is 3.68. The second-order valence-corrected chi connectivity index (χ2v) is 7.79. The summed E-state index contributed by atoms with van der Waals surface area (Å²) in [6.07, 6.45) is 0. The molecule has 114 valence electrons. The van der Waals surface area contributed by atoms with Gasteiger partial charge in [-0.3, -0.25) is 4.79 Å². The van der Waals surface area contributed by atoms with Gasteiger partial charge >= 0.3 is 0 Å². The monoisotopic (exact) mass is 358 g/mol. The first-order valence-corrected chi connectivity index (χ1v) is 8.96. The molecular weight excluding hydrogens is 348 g/mol. The summed E-state index contributed by atoms with van der Waals surface area (Å²) in [6.45, 7) is 0. The standard InChI is InChI=1S/C17H11ClN2OS2/c1-20-12-7-6-10-4-2-3-5-11(10)15(12)23-17(20)19-16(21)13-8-9-14(18)22-13/h2-9H,1H3. The number of benzene rings is 2. The molecule has 4 rings (SSSR count). The van der Waals surface area contributed by atoms with Crippen molar-refractivity contribution in [3.8, 4) is 0 Å². The number of halogens is 1. The maximum absolute atomic E-state index is 12.3. The minimum absolute atomic E-state index is 0.256. The van der Waals surface area contributed by atoms with Crippen LogP contribution in [-0.2, 0) is 7.05 Å². The van der Waals surface area contributed by atoms with Crippen LogP contribution in [0.15, 0.2) is 53.5 Å². The fourth-order valence-electron chi connectivity index (χ4n) is 2.53. The van der Waals surface area contributed by atoms with Crippen molar-refractivity contribution in [1.29, 1.82) is 0 Å². The summed E-state index contributed by atoms with van der Waals surface area (Å²) in [5.41, 5.74) is 1.07. The quantitative estimate of drug-likeness (QED) is 0.479. The molecule has 0 aliphatic heterocycles. The lowest BCUT2D eigenvalue weighted by Crippen LogP contribution is -2.12. The number of aromatic nitrogens is 1. The number of carbonyl (C=O) groups excluding carboxylic acids is 1. The molecule has 0 N–H and O–H groups in total. The van der Waals surface area contributed by atoms with E-state index in [1.54, 1.807) is 12.1 Å². The molecule has 6 heteroatoms. The summed E-state index contributed by atoms with van der Waals surface area (Å²) in [4.78, 5) is 17.8. The Morgan fingerprint density at radius 2 is 1.91 bits per heavy atom. The summed E-state index contributed by atoms with van der Waals surface area (Å²) < 4.78 is 3.69. The number of rotatable bonds is 1. The van der Waals surface area contributed by atoms with Crippen LogP contribution in [0.25, 0.3) is 21.0 Å². The minimum Gasteiger partial charge on any atom is -0.319 e. The number of fused-ring (bicyclic) bond motifs is 3. The molecule has 4 aromatic rings. The van der Waals surface area contributed by atoms with Gasteiger partial charge in [0.1, 0.15) is 0 Å². The van der Waals surface area contributed by atoms with E-state index in [-0.39, 0.29) is 5.91 Å². The topological polar surface area (TPSA) is 34.4 Å².